The molecule has 3 heteroatoms. The van der Waals surface area contributed by atoms with Gasteiger partial charge in [-0.2, -0.15) is 0 Å². The SMILES string of the molecule is CC(C)Oc1ccc(N)cc1CNC1CC1. The summed E-state index contributed by atoms with van der Waals surface area (Å²) >= 11 is 0. The molecule has 1 aliphatic rings. The zero-order valence-corrected chi connectivity index (χ0v) is 9.99. The summed E-state index contributed by atoms with van der Waals surface area (Å²) in [6.45, 7) is 4.92. The van der Waals surface area contributed by atoms with Crippen molar-refractivity contribution < 1.29 is 4.74 Å². The van der Waals surface area contributed by atoms with Crippen LogP contribution in [0.2, 0.25) is 0 Å². The van der Waals surface area contributed by atoms with Crippen LogP contribution in [0.25, 0.3) is 0 Å². The molecule has 2 rings (SSSR count). The molecule has 88 valence electrons. The lowest BCUT2D eigenvalue weighted by molar-refractivity contribution is 0.239. The maximum absolute atomic E-state index is 5.80. The third kappa shape index (κ3) is 3.14. The van der Waals surface area contributed by atoms with E-state index in [1.807, 2.05) is 32.0 Å². The maximum Gasteiger partial charge on any atom is 0.124 e. The molecule has 0 radical (unpaired) electrons. The van der Waals surface area contributed by atoms with Crippen molar-refractivity contribution in [1.29, 1.82) is 0 Å². The molecule has 0 aromatic heterocycles. The van der Waals surface area contributed by atoms with E-state index in [1.165, 1.54) is 12.8 Å². The Bertz CT molecular complexity index is 359. The number of nitrogens with one attached hydrogen (secondary N) is 1. The molecule has 0 heterocycles. The zero-order chi connectivity index (χ0) is 11.5. The molecule has 0 aliphatic heterocycles. The highest BCUT2D eigenvalue weighted by molar-refractivity contribution is 5.48. The average Bonchev–Trinajstić information content (AvgIpc) is 3.01. The maximum atomic E-state index is 5.80. The van der Waals surface area contributed by atoms with E-state index in [0.717, 1.165) is 23.5 Å². The molecule has 1 fully saturated rings. The van der Waals surface area contributed by atoms with Crippen LogP contribution < -0.4 is 15.8 Å². The summed E-state index contributed by atoms with van der Waals surface area (Å²) in [5.41, 5.74) is 7.75. The predicted octanol–water partition coefficient (Wildman–Crippen LogP) is 2.31. The average molecular weight is 220 g/mol. The Kier molecular flexibility index (Phi) is 3.34. The summed E-state index contributed by atoms with van der Waals surface area (Å²) in [4.78, 5) is 0. The summed E-state index contributed by atoms with van der Waals surface area (Å²) in [7, 11) is 0. The monoisotopic (exact) mass is 220 g/mol. The van der Waals surface area contributed by atoms with E-state index < -0.39 is 0 Å². The number of nitrogen functional groups attached to an aromatic ring is 1. The van der Waals surface area contributed by atoms with E-state index in [0.29, 0.717) is 6.04 Å². The van der Waals surface area contributed by atoms with Crippen molar-refractivity contribution >= 4 is 5.69 Å². The van der Waals surface area contributed by atoms with Crippen molar-refractivity contribution in [3.63, 3.8) is 0 Å². The van der Waals surface area contributed by atoms with Gasteiger partial charge in [-0.05, 0) is 44.9 Å². The molecule has 1 saturated carbocycles. The van der Waals surface area contributed by atoms with Gasteiger partial charge in [-0.1, -0.05) is 0 Å². The second-order valence-electron chi connectivity index (χ2n) is 4.69. The molecule has 0 bridgehead atoms. The number of benzene rings is 1. The number of anilines is 1. The van der Waals surface area contributed by atoms with E-state index in [4.69, 9.17) is 10.5 Å². The molecule has 0 unspecified atom stereocenters. The van der Waals surface area contributed by atoms with Crippen molar-refractivity contribution in [1.82, 2.24) is 5.32 Å². The van der Waals surface area contributed by atoms with Gasteiger partial charge in [0.25, 0.3) is 0 Å². The van der Waals surface area contributed by atoms with Crippen LogP contribution in [0.5, 0.6) is 5.75 Å². The van der Waals surface area contributed by atoms with Crippen LogP contribution in [0, 0.1) is 0 Å². The van der Waals surface area contributed by atoms with E-state index in [2.05, 4.69) is 5.32 Å². The molecule has 3 nitrogen and oxygen atoms in total. The number of hydrogen-bond donors (Lipinski definition) is 2. The molecule has 0 spiro atoms. The van der Waals surface area contributed by atoms with Gasteiger partial charge in [0.05, 0.1) is 6.10 Å². The molecular weight excluding hydrogens is 200 g/mol. The Hall–Kier alpha value is -1.22. The second kappa shape index (κ2) is 4.74. The van der Waals surface area contributed by atoms with Crippen LogP contribution in [-0.4, -0.2) is 12.1 Å². The van der Waals surface area contributed by atoms with Crippen LogP contribution in [0.1, 0.15) is 32.3 Å². The topological polar surface area (TPSA) is 47.3 Å². The largest absolute Gasteiger partial charge is 0.491 e. The molecular formula is C13H20N2O. The number of ether oxygens (including phenoxy) is 1. The standard InChI is InChI=1S/C13H20N2O/c1-9(2)16-13-6-3-11(14)7-10(13)8-15-12-4-5-12/h3,6-7,9,12,15H,4-5,8,14H2,1-2H3. The summed E-state index contributed by atoms with van der Waals surface area (Å²) in [5, 5.41) is 3.48. The highest BCUT2D eigenvalue weighted by atomic mass is 16.5. The van der Waals surface area contributed by atoms with Crippen LogP contribution in [0.3, 0.4) is 0 Å². The van der Waals surface area contributed by atoms with Crippen LogP contribution in [0.15, 0.2) is 18.2 Å². The summed E-state index contributed by atoms with van der Waals surface area (Å²) in [6.07, 6.45) is 2.79. The first-order valence-electron chi connectivity index (χ1n) is 5.93. The quantitative estimate of drug-likeness (QED) is 0.749. The first-order chi connectivity index (χ1) is 7.65. The van der Waals surface area contributed by atoms with Gasteiger partial charge in [0.1, 0.15) is 5.75 Å². The van der Waals surface area contributed by atoms with E-state index in [9.17, 15) is 0 Å². The van der Waals surface area contributed by atoms with Crippen molar-refractivity contribution in [3.05, 3.63) is 23.8 Å². The molecule has 1 aromatic rings. The van der Waals surface area contributed by atoms with E-state index in [1.54, 1.807) is 0 Å². The first kappa shape index (κ1) is 11.3. The highest BCUT2D eigenvalue weighted by Gasteiger charge is 2.20. The third-order valence-corrected chi connectivity index (χ3v) is 2.61. The van der Waals surface area contributed by atoms with E-state index >= 15 is 0 Å². The molecule has 3 N–H and O–H groups in total. The number of rotatable bonds is 5. The second-order valence-corrected chi connectivity index (χ2v) is 4.69. The Morgan fingerprint density at radius 1 is 1.44 bits per heavy atom. The zero-order valence-electron chi connectivity index (χ0n) is 9.99. The fourth-order valence-electron chi connectivity index (χ4n) is 1.65. The van der Waals surface area contributed by atoms with Gasteiger partial charge < -0.3 is 15.8 Å². The Labute approximate surface area is 97.0 Å². The van der Waals surface area contributed by atoms with Gasteiger partial charge in [-0.25, -0.2) is 0 Å². The van der Waals surface area contributed by atoms with Crippen molar-refractivity contribution in [3.8, 4) is 5.75 Å². The highest BCUT2D eigenvalue weighted by Crippen LogP contribution is 2.25. The molecule has 0 amide bonds. The lowest BCUT2D eigenvalue weighted by Crippen LogP contribution is -2.17. The van der Waals surface area contributed by atoms with Gasteiger partial charge in [-0.3, -0.25) is 0 Å². The van der Waals surface area contributed by atoms with E-state index in [-0.39, 0.29) is 6.10 Å². The Morgan fingerprint density at radius 3 is 2.81 bits per heavy atom. The van der Waals surface area contributed by atoms with Gasteiger partial charge in [0, 0.05) is 23.8 Å². The lowest BCUT2D eigenvalue weighted by atomic mass is 10.1. The summed E-state index contributed by atoms with van der Waals surface area (Å²) in [6, 6.07) is 6.54. The summed E-state index contributed by atoms with van der Waals surface area (Å²) < 4.78 is 5.76. The summed E-state index contributed by atoms with van der Waals surface area (Å²) in [5.74, 6) is 0.942. The molecule has 0 saturated heterocycles. The fourth-order valence-corrected chi connectivity index (χ4v) is 1.65. The van der Waals surface area contributed by atoms with Gasteiger partial charge in [0.2, 0.25) is 0 Å². The van der Waals surface area contributed by atoms with Gasteiger partial charge in [-0.15, -0.1) is 0 Å². The van der Waals surface area contributed by atoms with Crippen LogP contribution in [0.4, 0.5) is 5.69 Å². The van der Waals surface area contributed by atoms with Crippen molar-refractivity contribution in [2.24, 2.45) is 0 Å². The number of hydrogen-bond acceptors (Lipinski definition) is 3. The van der Waals surface area contributed by atoms with Crippen LogP contribution >= 0.6 is 0 Å². The normalized spacial score (nSPS) is 15.4. The lowest BCUT2D eigenvalue weighted by Gasteiger charge is -2.15. The molecule has 1 aromatic carbocycles. The minimum atomic E-state index is 0.197. The minimum Gasteiger partial charge on any atom is -0.491 e. The van der Waals surface area contributed by atoms with Gasteiger partial charge in [0.15, 0.2) is 0 Å². The van der Waals surface area contributed by atoms with Crippen molar-refractivity contribution in [2.45, 2.75) is 45.4 Å². The van der Waals surface area contributed by atoms with Crippen LogP contribution in [-0.2, 0) is 6.54 Å². The number of nitrogens with two attached hydrogens (primary N) is 1. The molecule has 1 aliphatic carbocycles. The third-order valence-electron chi connectivity index (χ3n) is 2.61. The van der Waals surface area contributed by atoms with Gasteiger partial charge >= 0.3 is 0 Å². The Morgan fingerprint density at radius 2 is 2.19 bits per heavy atom. The Balaban J connectivity index is 2.07. The first-order valence-corrected chi connectivity index (χ1v) is 5.93. The smallest absolute Gasteiger partial charge is 0.124 e. The predicted molar refractivity (Wildman–Crippen MR) is 66.5 cm³/mol. The molecule has 0 atom stereocenters. The molecule has 16 heavy (non-hydrogen) atoms. The van der Waals surface area contributed by atoms with Crippen molar-refractivity contribution in [2.75, 3.05) is 5.73 Å². The minimum absolute atomic E-state index is 0.197. The fraction of sp³-hybridized carbons (Fsp3) is 0.538.